The molecule has 5 heteroatoms. The van der Waals surface area contributed by atoms with Crippen LogP contribution >= 0.6 is 0 Å². The molecule has 4 nitrogen and oxygen atoms in total. The number of rotatable bonds is 4. The van der Waals surface area contributed by atoms with E-state index in [0.29, 0.717) is 11.1 Å². The van der Waals surface area contributed by atoms with Crippen LogP contribution in [0.5, 0.6) is 0 Å². The number of Topliss-reactive ketones (excluding diaryl/α,β-unsaturated/α-hetero) is 1. The predicted octanol–water partition coefficient (Wildman–Crippen LogP) is 3.63. The van der Waals surface area contributed by atoms with E-state index >= 15 is 0 Å². The van der Waals surface area contributed by atoms with Crippen LogP contribution in [0.25, 0.3) is 11.1 Å². The molecule has 0 bridgehead atoms. The maximum absolute atomic E-state index is 12.7. The van der Waals surface area contributed by atoms with Gasteiger partial charge in [-0.2, -0.15) is 0 Å². The van der Waals surface area contributed by atoms with Gasteiger partial charge >= 0.3 is 0 Å². The van der Waals surface area contributed by atoms with E-state index in [0.717, 1.165) is 5.56 Å². The van der Waals surface area contributed by atoms with Crippen LogP contribution < -0.4 is 4.72 Å². The minimum atomic E-state index is -3.64. The summed E-state index contributed by atoms with van der Waals surface area (Å²) in [5.41, 5.74) is 1.40. The lowest BCUT2D eigenvalue weighted by molar-refractivity contribution is 0.101. The third-order valence-corrected chi connectivity index (χ3v) is 5.04. The molecule has 0 fully saturated rings. The van der Waals surface area contributed by atoms with Crippen molar-refractivity contribution in [2.45, 2.75) is 38.1 Å². The third-order valence-electron chi connectivity index (χ3n) is 3.22. The molecule has 23 heavy (non-hydrogen) atoms. The molecular weight excluding hydrogens is 310 g/mol. The first kappa shape index (κ1) is 17.4. The van der Waals surface area contributed by atoms with E-state index in [-0.39, 0.29) is 10.7 Å². The Morgan fingerprint density at radius 3 is 2.04 bits per heavy atom. The van der Waals surface area contributed by atoms with Crippen molar-refractivity contribution in [1.29, 1.82) is 0 Å². The van der Waals surface area contributed by atoms with Crippen molar-refractivity contribution in [2.24, 2.45) is 0 Å². The summed E-state index contributed by atoms with van der Waals surface area (Å²) in [7, 11) is -3.64. The van der Waals surface area contributed by atoms with E-state index in [2.05, 4.69) is 4.72 Å². The Labute approximate surface area is 137 Å². The minimum Gasteiger partial charge on any atom is -0.295 e. The first-order valence-electron chi connectivity index (χ1n) is 7.34. The summed E-state index contributed by atoms with van der Waals surface area (Å²) < 4.78 is 28.0. The molecule has 122 valence electrons. The molecular formula is C18H21NO3S. The molecule has 0 saturated heterocycles. The molecule has 0 atom stereocenters. The van der Waals surface area contributed by atoms with Gasteiger partial charge in [0.25, 0.3) is 0 Å². The summed E-state index contributed by atoms with van der Waals surface area (Å²) in [4.78, 5) is 11.6. The largest absolute Gasteiger partial charge is 0.295 e. The second kappa shape index (κ2) is 6.26. The van der Waals surface area contributed by atoms with Gasteiger partial charge in [-0.25, -0.2) is 13.1 Å². The van der Waals surface area contributed by atoms with Crippen molar-refractivity contribution in [2.75, 3.05) is 0 Å². The highest BCUT2D eigenvalue weighted by Gasteiger charge is 2.24. The second-order valence-electron chi connectivity index (χ2n) is 6.49. The van der Waals surface area contributed by atoms with Gasteiger partial charge in [0.15, 0.2) is 5.78 Å². The number of benzene rings is 2. The van der Waals surface area contributed by atoms with Crippen molar-refractivity contribution in [1.82, 2.24) is 4.72 Å². The fraction of sp³-hybridized carbons (Fsp3) is 0.278. The number of ketones is 1. The van der Waals surface area contributed by atoms with Crippen molar-refractivity contribution < 1.29 is 13.2 Å². The van der Waals surface area contributed by atoms with Gasteiger partial charge in [-0.05, 0) is 39.3 Å². The average molecular weight is 331 g/mol. The van der Waals surface area contributed by atoms with Crippen LogP contribution in [0.2, 0.25) is 0 Å². The zero-order chi connectivity index (χ0) is 17.3. The molecule has 2 aromatic rings. The number of nitrogens with one attached hydrogen (secondary N) is 1. The first-order chi connectivity index (χ1) is 10.6. The summed E-state index contributed by atoms with van der Waals surface area (Å²) in [6, 6.07) is 13.8. The molecule has 0 unspecified atom stereocenters. The molecule has 2 aromatic carbocycles. The monoisotopic (exact) mass is 331 g/mol. The van der Waals surface area contributed by atoms with Crippen LogP contribution in [0.15, 0.2) is 53.4 Å². The highest BCUT2D eigenvalue weighted by atomic mass is 32.2. The summed E-state index contributed by atoms with van der Waals surface area (Å²) in [5, 5.41) is 0. The molecule has 0 aromatic heterocycles. The van der Waals surface area contributed by atoms with Gasteiger partial charge in [-0.3, -0.25) is 4.79 Å². The maximum atomic E-state index is 12.7. The van der Waals surface area contributed by atoms with Gasteiger partial charge in [-0.15, -0.1) is 0 Å². The zero-order valence-electron chi connectivity index (χ0n) is 13.8. The zero-order valence-corrected chi connectivity index (χ0v) is 14.6. The molecule has 0 heterocycles. The highest BCUT2D eigenvalue weighted by Crippen LogP contribution is 2.28. The molecule has 0 radical (unpaired) electrons. The topological polar surface area (TPSA) is 63.2 Å². The quantitative estimate of drug-likeness (QED) is 0.870. The van der Waals surface area contributed by atoms with E-state index in [1.165, 1.54) is 6.92 Å². The molecule has 2 rings (SSSR count). The van der Waals surface area contributed by atoms with Crippen LogP contribution in [0.1, 0.15) is 38.1 Å². The molecule has 0 saturated carbocycles. The SMILES string of the molecule is CC(=O)c1ccc(-c2ccccc2S(=O)(=O)NC(C)(C)C)cc1. The summed E-state index contributed by atoms with van der Waals surface area (Å²) >= 11 is 0. The smallest absolute Gasteiger partial charge is 0.241 e. The van der Waals surface area contributed by atoms with Gasteiger partial charge in [-0.1, -0.05) is 42.5 Å². The predicted molar refractivity (Wildman–Crippen MR) is 92.0 cm³/mol. The van der Waals surface area contributed by atoms with Crippen molar-refractivity contribution in [3.05, 3.63) is 54.1 Å². The van der Waals surface area contributed by atoms with Gasteiger partial charge < -0.3 is 0 Å². The fourth-order valence-corrected chi connectivity index (χ4v) is 3.93. The Morgan fingerprint density at radius 1 is 0.957 bits per heavy atom. The molecule has 1 N–H and O–H groups in total. The molecule has 0 spiro atoms. The van der Waals surface area contributed by atoms with Crippen LogP contribution in [-0.4, -0.2) is 19.7 Å². The lowest BCUT2D eigenvalue weighted by Crippen LogP contribution is -2.40. The van der Waals surface area contributed by atoms with E-state index in [4.69, 9.17) is 0 Å². The van der Waals surface area contributed by atoms with Gasteiger partial charge in [0, 0.05) is 16.7 Å². The molecule has 0 aliphatic heterocycles. The lowest BCUT2D eigenvalue weighted by atomic mass is 10.0. The number of hydrogen-bond donors (Lipinski definition) is 1. The number of carbonyl (C=O) groups excluding carboxylic acids is 1. The summed E-state index contributed by atoms with van der Waals surface area (Å²) in [5.74, 6) is -0.0214. The van der Waals surface area contributed by atoms with Crippen LogP contribution in [-0.2, 0) is 10.0 Å². The summed E-state index contributed by atoms with van der Waals surface area (Å²) in [6.45, 7) is 6.90. The van der Waals surface area contributed by atoms with Crippen LogP contribution in [0, 0.1) is 0 Å². The van der Waals surface area contributed by atoms with E-state index in [1.54, 1.807) is 69.3 Å². The number of sulfonamides is 1. The Morgan fingerprint density at radius 2 is 1.52 bits per heavy atom. The fourth-order valence-electron chi connectivity index (χ4n) is 2.28. The summed E-state index contributed by atoms with van der Waals surface area (Å²) in [6.07, 6.45) is 0. The normalized spacial score (nSPS) is 12.2. The Bertz CT molecular complexity index is 816. The van der Waals surface area contributed by atoms with E-state index < -0.39 is 15.6 Å². The molecule has 0 amide bonds. The molecule has 0 aliphatic rings. The molecule has 0 aliphatic carbocycles. The average Bonchev–Trinajstić information content (AvgIpc) is 2.45. The van der Waals surface area contributed by atoms with Gasteiger partial charge in [0.05, 0.1) is 4.90 Å². The number of carbonyl (C=O) groups is 1. The van der Waals surface area contributed by atoms with Crippen LogP contribution in [0.4, 0.5) is 0 Å². The van der Waals surface area contributed by atoms with Gasteiger partial charge in [0.2, 0.25) is 10.0 Å². The van der Waals surface area contributed by atoms with Crippen molar-refractivity contribution in [3.8, 4) is 11.1 Å². The Balaban J connectivity index is 2.51. The van der Waals surface area contributed by atoms with Crippen LogP contribution in [0.3, 0.4) is 0 Å². The maximum Gasteiger partial charge on any atom is 0.241 e. The standard InChI is InChI=1S/C18H21NO3S/c1-13(20)14-9-11-15(12-10-14)16-7-5-6-8-17(16)23(21,22)19-18(2,3)4/h5-12,19H,1-4H3. The third kappa shape index (κ3) is 4.27. The van der Waals surface area contributed by atoms with Gasteiger partial charge in [0.1, 0.15) is 0 Å². The lowest BCUT2D eigenvalue weighted by Gasteiger charge is -2.21. The highest BCUT2D eigenvalue weighted by molar-refractivity contribution is 7.89. The Kier molecular flexibility index (Phi) is 4.73. The van der Waals surface area contributed by atoms with E-state index in [1.807, 2.05) is 0 Å². The van der Waals surface area contributed by atoms with E-state index in [9.17, 15) is 13.2 Å². The van der Waals surface area contributed by atoms with Crippen molar-refractivity contribution >= 4 is 15.8 Å². The second-order valence-corrected chi connectivity index (χ2v) is 8.14. The van der Waals surface area contributed by atoms with Crippen molar-refractivity contribution in [3.63, 3.8) is 0 Å². The minimum absolute atomic E-state index is 0.0214. The number of hydrogen-bond acceptors (Lipinski definition) is 3. The Hall–Kier alpha value is -1.98. The first-order valence-corrected chi connectivity index (χ1v) is 8.83.